The fourth-order valence-corrected chi connectivity index (χ4v) is 2.42. The van der Waals surface area contributed by atoms with E-state index in [-0.39, 0.29) is 11.9 Å². The van der Waals surface area contributed by atoms with Crippen molar-refractivity contribution in [3.8, 4) is 0 Å². The molecule has 3 rings (SSSR count). The van der Waals surface area contributed by atoms with Crippen LogP contribution in [-0.4, -0.2) is 33.0 Å². The lowest BCUT2D eigenvalue weighted by Crippen LogP contribution is -2.30. The Morgan fingerprint density at radius 2 is 2.10 bits per heavy atom. The first-order valence-corrected chi connectivity index (χ1v) is 7.10. The summed E-state index contributed by atoms with van der Waals surface area (Å²) in [6, 6.07) is 3.73. The van der Waals surface area contributed by atoms with E-state index in [1.165, 1.54) is 0 Å². The molecule has 0 aromatic carbocycles. The van der Waals surface area contributed by atoms with E-state index in [1.54, 1.807) is 24.3 Å². The van der Waals surface area contributed by atoms with Gasteiger partial charge in [0.25, 0.3) is 5.91 Å². The van der Waals surface area contributed by atoms with Crippen molar-refractivity contribution in [2.45, 2.75) is 31.7 Å². The predicted octanol–water partition coefficient (Wildman–Crippen LogP) is 2.10. The Labute approximate surface area is 123 Å². The summed E-state index contributed by atoms with van der Waals surface area (Å²) in [5.74, 6) is 0.280. The molecule has 0 saturated heterocycles. The first kappa shape index (κ1) is 13.6. The topological polar surface area (TPSA) is 87.9 Å². The number of rotatable bonds is 4. The molecule has 1 atom stereocenters. The third-order valence-electron chi connectivity index (χ3n) is 4.11. The molecule has 2 aromatic heterocycles. The first-order valence-electron chi connectivity index (χ1n) is 7.10. The SMILES string of the molecule is CC(c1ccncc1)N(C)C(=O)c1n[nH]c(C2CC2)c1N. The molecule has 0 bridgehead atoms. The van der Waals surface area contributed by atoms with Gasteiger partial charge < -0.3 is 10.6 Å². The van der Waals surface area contributed by atoms with E-state index >= 15 is 0 Å². The summed E-state index contributed by atoms with van der Waals surface area (Å²) in [7, 11) is 1.76. The van der Waals surface area contributed by atoms with Crippen LogP contribution in [0.3, 0.4) is 0 Å². The number of carbonyl (C=O) groups excluding carboxylic acids is 1. The number of carbonyl (C=O) groups is 1. The lowest BCUT2D eigenvalue weighted by atomic mass is 10.1. The van der Waals surface area contributed by atoms with Gasteiger partial charge in [-0.25, -0.2) is 0 Å². The Hall–Kier alpha value is -2.37. The summed E-state index contributed by atoms with van der Waals surface area (Å²) in [4.78, 5) is 18.2. The van der Waals surface area contributed by atoms with Gasteiger partial charge in [-0.3, -0.25) is 14.9 Å². The molecule has 6 nitrogen and oxygen atoms in total. The molecule has 1 aliphatic rings. The van der Waals surface area contributed by atoms with Crippen LogP contribution in [0.15, 0.2) is 24.5 Å². The van der Waals surface area contributed by atoms with Gasteiger partial charge in [0.05, 0.1) is 17.4 Å². The number of nitrogens with two attached hydrogens (primary N) is 1. The predicted molar refractivity (Wildman–Crippen MR) is 79.7 cm³/mol. The zero-order valence-corrected chi connectivity index (χ0v) is 12.2. The minimum atomic E-state index is -0.167. The summed E-state index contributed by atoms with van der Waals surface area (Å²) in [6.07, 6.45) is 5.67. The Morgan fingerprint density at radius 3 is 2.71 bits per heavy atom. The van der Waals surface area contributed by atoms with Crippen LogP contribution in [0.4, 0.5) is 5.69 Å². The summed E-state index contributed by atoms with van der Waals surface area (Å²) >= 11 is 0. The lowest BCUT2D eigenvalue weighted by molar-refractivity contribution is 0.0737. The molecule has 0 radical (unpaired) electrons. The quantitative estimate of drug-likeness (QED) is 0.900. The fraction of sp³-hybridized carbons (Fsp3) is 0.400. The smallest absolute Gasteiger partial charge is 0.276 e. The number of pyridine rings is 1. The number of nitrogens with zero attached hydrogens (tertiary/aromatic N) is 3. The van der Waals surface area contributed by atoms with Gasteiger partial charge in [0.2, 0.25) is 0 Å². The van der Waals surface area contributed by atoms with Crippen LogP contribution in [0, 0.1) is 0 Å². The molecule has 2 heterocycles. The molecule has 0 aliphatic heterocycles. The van der Waals surface area contributed by atoms with Gasteiger partial charge in [-0.05, 0) is 37.5 Å². The number of amides is 1. The van der Waals surface area contributed by atoms with E-state index in [1.807, 2.05) is 19.1 Å². The van der Waals surface area contributed by atoms with Gasteiger partial charge >= 0.3 is 0 Å². The van der Waals surface area contributed by atoms with Crippen molar-refractivity contribution in [3.63, 3.8) is 0 Å². The molecule has 6 heteroatoms. The fourth-order valence-electron chi connectivity index (χ4n) is 2.42. The molecule has 110 valence electrons. The molecular formula is C15H19N5O. The van der Waals surface area contributed by atoms with Crippen LogP contribution in [0.5, 0.6) is 0 Å². The van der Waals surface area contributed by atoms with E-state index in [9.17, 15) is 4.79 Å². The number of nitrogens with one attached hydrogen (secondary N) is 1. The highest BCUT2D eigenvalue weighted by molar-refractivity contribution is 5.97. The standard InChI is InChI=1S/C15H19N5O/c1-9(10-5-7-17-8-6-10)20(2)15(21)14-12(16)13(18-19-14)11-3-4-11/h5-9,11H,3-4,16H2,1-2H3,(H,18,19). The maximum atomic E-state index is 12.6. The third kappa shape index (κ3) is 2.49. The van der Waals surface area contributed by atoms with Crippen LogP contribution in [0.2, 0.25) is 0 Å². The third-order valence-corrected chi connectivity index (χ3v) is 4.11. The second kappa shape index (κ2) is 5.20. The molecule has 1 amide bonds. The second-order valence-electron chi connectivity index (χ2n) is 5.55. The first-order chi connectivity index (χ1) is 10.1. The number of H-pyrrole nitrogens is 1. The number of hydrogen-bond acceptors (Lipinski definition) is 4. The molecule has 1 unspecified atom stereocenters. The van der Waals surface area contributed by atoms with Crippen LogP contribution in [0.25, 0.3) is 0 Å². The highest BCUT2D eigenvalue weighted by Gasteiger charge is 2.31. The Kier molecular flexibility index (Phi) is 3.37. The maximum Gasteiger partial charge on any atom is 0.276 e. The van der Waals surface area contributed by atoms with Crippen LogP contribution < -0.4 is 5.73 Å². The molecule has 3 N–H and O–H groups in total. The second-order valence-corrected chi connectivity index (χ2v) is 5.55. The molecule has 0 spiro atoms. The van der Waals surface area contributed by atoms with E-state index in [0.717, 1.165) is 24.1 Å². The molecule has 1 saturated carbocycles. The molecule has 1 aliphatic carbocycles. The largest absolute Gasteiger partial charge is 0.395 e. The highest BCUT2D eigenvalue weighted by atomic mass is 16.2. The number of nitrogen functional groups attached to an aromatic ring is 1. The Bertz CT molecular complexity index is 647. The highest BCUT2D eigenvalue weighted by Crippen LogP contribution is 2.42. The van der Waals surface area contributed by atoms with Gasteiger partial charge in [0, 0.05) is 25.4 Å². The minimum Gasteiger partial charge on any atom is -0.395 e. The molecule has 1 fully saturated rings. The van der Waals surface area contributed by atoms with Gasteiger partial charge in [0.15, 0.2) is 5.69 Å². The van der Waals surface area contributed by atoms with E-state index in [2.05, 4.69) is 15.2 Å². The number of hydrogen-bond donors (Lipinski definition) is 2. The van der Waals surface area contributed by atoms with Crippen molar-refractivity contribution in [1.82, 2.24) is 20.1 Å². The zero-order chi connectivity index (χ0) is 15.0. The number of aromatic amines is 1. The molecule has 2 aromatic rings. The van der Waals surface area contributed by atoms with E-state index < -0.39 is 0 Å². The van der Waals surface area contributed by atoms with Crippen LogP contribution in [-0.2, 0) is 0 Å². The maximum absolute atomic E-state index is 12.6. The summed E-state index contributed by atoms with van der Waals surface area (Å²) in [5, 5.41) is 7.04. The van der Waals surface area contributed by atoms with Crippen molar-refractivity contribution in [1.29, 1.82) is 0 Å². The molecule has 21 heavy (non-hydrogen) atoms. The van der Waals surface area contributed by atoms with Gasteiger partial charge in [0.1, 0.15) is 0 Å². The summed E-state index contributed by atoms with van der Waals surface area (Å²) in [6.45, 7) is 1.97. The van der Waals surface area contributed by atoms with Crippen molar-refractivity contribution in [2.75, 3.05) is 12.8 Å². The van der Waals surface area contributed by atoms with Crippen LogP contribution >= 0.6 is 0 Å². The van der Waals surface area contributed by atoms with E-state index in [0.29, 0.717) is 17.3 Å². The van der Waals surface area contributed by atoms with Gasteiger partial charge in [-0.15, -0.1) is 0 Å². The minimum absolute atomic E-state index is 0.0685. The Morgan fingerprint density at radius 1 is 1.43 bits per heavy atom. The monoisotopic (exact) mass is 285 g/mol. The van der Waals surface area contributed by atoms with Crippen LogP contribution in [0.1, 0.15) is 53.5 Å². The Balaban J connectivity index is 1.81. The van der Waals surface area contributed by atoms with Gasteiger partial charge in [-0.1, -0.05) is 0 Å². The molecular weight excluding hydrogens is 266 g/mol. The van der Waals surface area contributed by atoms with Gasteiger partial charge in [-0.2, -0.15) is 5.10 Å². The van der Waals surface area contributed by atoms with Crippen molar-refractivity contribution in [2.24, 2.45) is 0 Å². The van der Waals surface area contributed by atoms with Crippen molar-refractivity contribution < 1.29 is 4.79 Å². The summed E-state index contributed by atoms with van der Waals surface area (Å²) < 4.78 is 0. The van der Waals surface area contributed by atoms with Crippen molar-refractivity contribution >= 4 is 11.6 Å². The average molecular weight is 285 g/mol. The lowest BCUT2D eigenvalue weighted by Gasteiger charge is -2.24. The van der Waals surface area contributed by atoms with E-state index in [4.69, 9.17) is 5.73 Å². The number of aromatic nitrogens is 3. The average Bonchev–Trinajstić information content (AvgIpc) is 3.29. The normalized spacial score (nSPS) is 15.7. The number of anilines is 1. The zero-order valence-electron chi connectivity index (χ0n) is 12.2. The van der Waals surface area contributed by atoms with Crippen molar-refractivity contribution in [3.05, 3.63) is 41.5 Å². The summed E-state index contributed by atoms with van der Waals surface area (Å²) in [5.41, 5.74) is 8.82.